The predicted octanol–water partition coefficient (Wildman–Crippen LogP) is 2.22. The normalized spacial score (nSPS) is 21.1. The van der Waals surface area contributed by atoms with Crippen molar-refractivity contribution < 1.29 is 4.39 Å². The van der Waals surface area contributed by atoms with E-state index in [0.717, 1.165) is 37.3 Å². The third-order valence-electron chi connectivity index (χ3n) is 3.61. The van der Waals surface area contributed by atoms with Crippen molar-refractivity contribution in [3.63, 3.8) is 0 Å². The second-order valence-electron chi connectivity index (χ2n) is 5.17. The van der Waals surface area contributed by atoms with Crippen LogP contribution in [-0.4, -0.2) is 24.5 Å². The van der Waals surface area contributed by atoms with Gasteiger partial charge in [0.2, 0.25) is 0 Å². The van der Waals surface area contributed by atoms with E-state index in [9.17, 15) is 4.39 Å². The molecule has 2 rings (SSSR count). The van der Waals surface area contributed by atoms with Crippen molar-refractivity contribution >= 4 is 0 Å². The van der Waals surface area contributed by atoms with Crippen molar-refractivity contribution in [3.8, 4) is 0 Å². The van der Waals surface area contributed by atoms with Gasteiger partial charge in [-0.15, -0.1) is 0 Å². The average molecular weight is 236 g/mol. The van der Waals surface area contributed by atoms with Crippen molar-refractivity contribution in [1.29, 1.82) is 0 Å². The van der Waals surface area contributed by atoms with Gasteiger partial charge in [-0.3, -0.25) is 4.90 Å². The van der Waals surface area contributed by atoms with Crippen LogP contribution in [0.15, 0.2) is 12.1 Å². The summed E-state index contributed by atoms with van der Waals surface area (Å²) in [6, 6.07) is 3.91. The molecule has 1 saturated heterocycles. The number of hydrogen-bond donors (Lipinski definition) is 1. The molecule has 1 unspecified atom stereocenters. The molecule has 0 radical (unpaired) electrons. The lowest BCUT2D eigenvalue weighted by Crippen LogP contribution is -2.22. The molecule has 2 nitrogen and oxygen atoms in total. The fourth-order valence-corrected chi connectivity index (χ4v) is 2.63. The fourth-order valence-electron chi connectivity index (χ4n) is 2.63. The van der Waals surface area contributed by atoms with Crippen molar-refractivity contribution in [1.82, 2.24) is 4.90 Å². The zero-order valence-electron chi connectivity index (χ0n) is 10.7. The number of benzene rings is 1. The van der Waals surface area contributed by atoms with Gasteiger partial charge in [-0.25, -0.2) is 4.39 Å². The molecule has 17 heavy (non-hydrogen) atoms. The summed E-state index contributed by atoms with van der Waals surface area (Å²) in [6.45, 7) is 7.54. The summed E-state index contributed by atoms with van der Waals surface area (Å²) < 4.78 is 13.5. The number of nitrogens with two attached hydrogens (primary N) is 1. The minimum Gasteiger partial charge on any atom is -0.330 e. The van der Waals surface area contributed by atoms with E-state index in [1.807, 2.05) is 26.0 Å². The van der Waals surface area contributed by atoms with Crippen LogP contribution in [-0.2, 0) is 6.54 Å². The number of halogens is 1. The molecule has 94 valence electrons. The van der Waals surface area contributed by atoms with Crippen LogP contribution in [0.25, 0.3) is 0 Å². The third-order valence-corrected chi connectivity index (χ3v) is 3.61. The molecule has 1 aliphatic rings. The summed E-state index contributed by atoms with van der Waals surface area (Å²) in [5.41, 5.74) is 8.38. The molecule has 0 bridgehead atoms. The molecule has 0 spiro atoms. The van der Waals surface area contributed by atoms with Gasteiger partial charge in [-0.1, -0.05) is 12.1 Å². The Bertz CT molecular complexity index is 380. The molecule has 1 heterocycles. The Morgan fingerprint density at radius 3 is 2.53 bits per heavy atom. The topological polar surface area (TPSA) is 29.3 Å². The summed E-state index contributed by atoms with van der Waals surface area (Å²) >= 11 is 0. The van der Waals surface area contributed by atoms with E-state index in [1.54, 1.807) is 0 Å². The van der Waals surface area contributed by atoms with Gasteiger partial charge in [0.15, 0.2) is 0 Å². The van der Waals surface area contributed by atoms with Gasteiger partial charge in [0.1, 0.15) is 5.82 Å². The van der Waals surface area contributed by atoms with Crippen molar-refractivity contribution in [2.75, 3.05) is 19.6 Å². The van der Waals surface area contributed by atoms with Crippen LogP contribution >= 0.6 is 0 Å². The minimum absolute atomic E-state index is 0.0741. The first-order valence-corrected chi connectivity index (χ1v) is 6.28. The molecule has 1 fully saturated rings. The number of rotatable bonds is 3. The van der Waals surface area contributed by atoms with E-state index >= 15 is 0 Å². The first kappa shape index (κ1) is 12.5. The van der Waals surface area contributed by atoms with Crippen molar-refractivity contribution in [2.45, 2.75) is 26.8 Å². The van der Waals surface area contributed by atoms with Crippen molar-refractivity contribution in [2.24, 2.45) is 11.7 Å². The van der Waals surface area contributed by atoms with E-state index < -0.39 is 0 Å². The SMILES string of the molecule is Cc1cc(CN2CCC(CN)C2)cc(C)c1F. The van der Waals surface area contributed by atoms with Gasteiger partial charge < -0.3 is 5.73 Å². The lowest BCUT2D eigenvalue weighted by Gasteiger charge is -2.16. The molecule has 1 aromatic rings. The van der Waals surface area contributed by atoms with Gasteiger partial charge in [0.05, 0.1) is 0 Å². The lowest BCUT2D eigenvalue weighted by molar-refractivity contribution is 0.317. The van der Waals surface area contributed by atoms with Crippen molar-refractivity contribution in [3.05, 3.63) is 34.6 Å². The zero-order chi connectivity index (χ0) is 12.4. The van der Waals surface area contributed by atoms with Gasteiger partial charge in [-0.05, 0) is 56.0 Å². The molecule has 0 amide bonds. The number of nitrogens with zero attached hydrogens (tertiary/aromatic N) is 1. The Morgan fingerprint density at radius 1 is 1.35 bits per heavy atom. The first-order chi connectivity index (χ1) is 8.10. The van der Waals surface area contributed by atoms with Crippen LogP contribution in [0.3, 0.4) is 0 Å². The van der Waals surface area contributed by atoms with Gasteiger partial charge in [-0.2, -0.15) is 0 Å². The van der Waals surface area contributed by atoms with Crippen LogP contribution in [0.2, 0.25) is 0 Å². The molecule has 2 N–H and O–H groups in total. The highest BCUT2D eigenvalue weighted by Gasteiger charge is 2.21. The van der Waals surface area contributed by atoms with Gasteiger partial charge in [0, 0.05) is 13.1 Å². The lowest BCUT2D eigenvalue weighted by atomic mass is 10.1. The maximum Gasteiger partial charge on any atom is 0.129 e. The summed E-state index contributed by atoms with van der Waals surface area (Å²) in [5, 5.41) is 0. The van der Waals surface area contributed by atoms with E-state index in [1.165, 1.54) is 12.0 Å². The van der Waals surface area contributed by atoms with Gasteiger partial charge in [0.25, 0.3) is 0 Å². The second kappa shape index (κ2) is 5.15. The smallest absolute Gasteiger partial charge is 0.129 e. The van der Waals surface area contributed by atoms with E-state index in [-0.39, 0.29) is 5.82 Å². The van der Waals surface area contributed by atoms with Crippen LogP contribution < -0.4 is 5.73 Å². The molecule has 0 aromatic heterocycles. The molecular formula is C14H21FN2. The quantitative estimate of drug-likeness (QED) is 0.872. The monoisotopic (exact) mass is 236 g/mol. The Balaban J connectivity index is 2.04. The zero-order valence-corrected chi connectivity index (χ0v) is 10.7. The molecule has 1 aliphatic heterocycles. The summed E-state index contributed by atoms with van der Waals surface area (Å²) in [5.74, 6) is 0.563. The van der Waals surface area contributed by atoms with Crippen LogP contribution in [0.1, 0.15) is 23.1 Å². The predicted molar refractivity (Wildman–Crippen MR) is 68.3 cm³/mol. The third kappa shape index (κ3) is 2.85. The molecule has 0 aliphatic carbocycles. The van der Waals surface area contributed by atoms with E-state index in [4.69, 9.17) is 5.73 Å². The Kier molecular flexibility index (Phi) is 3.79. The first-order valence-electron chi connectivity index (χ1n) is 6.28. The summed E-state index contributed by atoms with van der Waals surface area (Å²) in [6.07, 6.45) is 1.19. The largest absolute Gasteiger partial charge is 0.330 e. The Labute approximate surface area is 103 Å². The van der Waals surface area contributed by atoms with Crippen LogP contribution in [0.5, 0.6) is 0 Å². The van der Waals surface area contributed by atoms with Crippen LogP contribution in [0, 0.1) is 25.6 Å². The number of aryl methyl sites for hydroxylation is 2. The standard InChI is InChI=1S/C14H21FN2/c1-10-5-13(6-11(2)14(10)15)9-17-4-3-12(7-16)8-17/h5-6,12H,3-4,7-9,16H2,1-2H3. The maximum absolute atomic E-state index is 13.5. The van der Waals surface area contributed by atoms with E-state index in [0.29, 0.717) is 5.92 Å². The molecule has 0 saturated carbocycles. The number of hydrogen-bond acceptors (Lipinski definition) is 2. The van der Waals surface area contributed by atoms with Crippen LogP contribution in [0.4, 0.5) is 4.39 Å². The highest BCUT2D eigenvalue weighted by Crippen LogP contribution is 2.20. The highest BCUT2D eigenvalue weighted by atomic mass is 19.1. The Hall–Kier alpha value is -0.930. The highest BCUT2D eigenvalue weighted by molar-refractivity contribution is 5.30. The summed E-state index contributed by atoms with van der Waals surface area (Å²) in [7, 11) is 0. The van der Waals surface area contributed by atoms with Gasteiger partial charge >= 0.3 is 0 Å². The average Bonchev–Trinajstić information content (AvgIpc) is 2.73. The Morgan fingerprint density at radius 2 is 2.00 bits per heavy atom. The number of likely N-dealkylation sites (tertiary alicyclic amines) is 1. The second-order valence-corrected chi connectivity index (χ2v) is 5.17. The summed E-state index contributed by atoms with van der Waals surface area (Å²) in [4.78, 5) is 2.41. The molecular weight excluding hydrogens is 215 g/mol. The van der Waals surface area contributed by atoms with E-state index in [2.05, 4.69) is 4.90 Å². The maximum atomic E-state index is 13.5. The minimum atomic E-state index is -0.0741. The fraction of sp³-hybridized carbons (Fsp3) is 0.571. The molecule has 1 aromatic carbocycles. The molecule has 3 heteroatoms. The molecule has 1 atom stereocenters.